The van der Waals surface area contributed by atoms with Crippen LogP contribution in [0.5, 0.6) is 0 Å². The molecular weight excluding hydrogens is 281 g/mol. The molecule has 1 aromatic heterocycles. The van der Waals surface area contributed by atoms with Crippen molar-refractivity contribution in [2.45, 2.75) is 6.92 Å². The van der Waals surface area contributed by atoms with Gasteiger partial charge in [0, 0.05) is 29.2 Å². The summed E-state index contributed by atoms with van der Waals surface area (Å²) in [5, 5.41) is 2.74. The number of anilines is 1. The standard InChI is InChI=1S/C17H14FN3O/c1-11-2-3-13(10-15(11)18)17(22)21-14-6-4-12(5-7-14)16-19-8-9-20-16/h2-10H,1H3,(H,19,20)(H,21,22). The average Bonchev–Trinajstić information content (AvgIpc) is 3.05. The number of nitrogens with one attached hydrogen (secondary N) is 2. The number of aromatic amines is 1. The first-order chi connectivity index (χ1) is 10.6. The van der Waals surface area contributed by atoms with Gasteiger partial charge in [-0.1, -0.05) is 6.07 Å². The molecule has 3 rings (SSSR count). The Bertz CT molecular complexity index is 795. The Hall–Kier alpha value is -2.95. The summed E-state index contributed by atoms with van der Waals surface area (Å²) in [6, 6.07) is 11.7. The van der Waals surface area contributed by atoms with Crippen LogP contribution in [0.3, 0.4) is 0 Å². The maximum Gasteiger partial charge on any atom is 0.255 e. The largest absolute Gasteiger partial charge is 0.345 e. The minimum atomic E-state index is -0.388. The highest BCUT2D eigenvalue weighted by Gasteiger charge is 2.09. The molecule has 0 spiro atoms. The van der Waals surface area contributed by atoms with Crippen LogP contribution in [0.25, 0.3) is 11.4 Å². The summed E-state index contributed by atoms with van der Waals surface area (Å²) in [6.45, 7) is 1.66. The molecule has 0 saturated carbocycles. The van der Waals surface area contributed by atoms with Crippen molar-refractivity contribution in [3.8, 4) is 11.4 Å². The van der Waals surface area contributed by atoms with E-state index in [0.717, 1.165) is 11.4 Å². The van der Waals surface area contributed by atoms with Crippen molar-refractivity contribution in [1.82, 2.24) is 9.97 Å². The van der Waals surface area contributed by atoms with Gasteiger partial charge in [0.25, 0.3) is 5.91 Å². The summed E-state index contributed by atoms with van der Waals surface area (Å²) in [7, 11) is 0. The van der Waals surface area contributed by atoms with Gasteiger partial charge in [-0.2, -0.15) is 0 Å². The van der Waals surface area contributed by atoms with E-state index in [1.54, 1.807) is 43.6 Å². The van der Waals surface area contributed by atoms with Crippen molar-refractivity contribution in [2.75, 3.05) is 5.32 Å². The predicted molar refractivity (Wildman–Crippen MR) is 83.1 cm³/mol. The number of rotatable bonds is 3. The highest BCUT2D eigenvalue weighted by molar-refractivity contribution is 6.04. The van der Waals surface area contributed by atoms with E-state index < -0.39 is 0 Å². The average molecular weight is 295 g/mol. The van der Waals surface area contributed by atoms with Crippen molar-refractivity contribution in [2.24, 2.45) is 0 Å². The first-order valence-corrected chi connectivity index (χ1v) is 6.81. The Balaban J connectivity index is 1.75. The first kappa shape index (κ1) is 14.0. The van der Waals surface area contributed by atoms with Crippen molar-refractivity contribution >= 4 is 11.6 Å². The number of aryl methyl sites for hydroxylation is 1. The second-order valence-electron chi connectivity index (χ2n) is 4.93. The summed E-state index contributed by atoms with van der Waals surface area (Å²) >= 11 is 0. The first-order valence-electron chi connectivity index (χ1n) is 6.81. The number of nitrogens with zero attached hydrogens (tertiary/aromatic N) is 1. The monoisotopic (exact) mass is 295 g/mol. The second kappa shape index (κ2) is 5.81. The number of imidazole rings is 1. The third-order valence-corrected chi connectivity index (χ3v) is 3.35. The molecular formula is C17H14FN3O. The Morgan fingerprint density at radius 1 is 1.18 bits per heavy atom. The number of H-pyrrole nitrogens is 1. The number of carbonyl (C=O) groups excluding carboxylic acids is 1. The molecule has 0 aliphatic carbocycles. The molecule has 3 aromatic rings. The van der Waals surface area contributed by atoms with Gasteiger partial charge in [-0.25, -0.2) is 9.37 Å². The van der Waals surface area contributed by atoms with E-state index in [9.17, 15) is 9.18 Å². The van der Waals surface area contributed by atoms with E-state index in [4.69, 9.17) is 0 Å². The molecule has 1 amide bonds. The Morgan fingerprint density at radius 3 is 2.59 bits per heavy atom. The molecule has 0 fully saturated rings. The molecule has 2 N–H and O–H groups in total. The zero-order valence-electron chi connectivity index (χ0n) is 11.9. The maximum atomic E-state index is 13.5. The summed E-state index contributed by atoms with van der Waals surface area (Å²) in [5.74, 6) is 0.0314. The van der Waals surface area contributed by atoms with Crippen LogP contribution in [0, 0.1) is 12.7 Å². The molecule has 0 aliphatic rings. The molecule has 22 heavy (non-hydrogen) atoms. The highest BCUT2D eigenvalue weighted by Crippen LogP contribution is 2.18. The number of amides is 1. The minimum Gasteiger partial charge on any atom is -0.345 e. The van der Waals surface area contributed by atoms with Gasteiger partial charge in [-0.3, -0.25) is 4.79 Å². The number of hydrogen-bond acceptors (Lipinski definition) is 2. The molecule has 110 valence electrons. The molecule has 0 radical (unpaired) electrons. The fourth-order valence-corrected chi connectivity index (χ4v) is 2.07. The van der Waals surface area contributed by atoms with Crippen LogP contribution in [0.4, 0.5) is 10.1 Å². The van der Waals surface area contributed by atoms with E-state index >= 15 is 0 Å². The lowest BCUT2D eigenvalue weighted by Gasteiger charge is -2.07. The second-order valence-corrected chi connectivity index (χ2v) is 4.93. The van der Waals surface area contributed by atoms with E-state index in [1.807, 2.05) is 12.1 Å². The Morgan fingerprint density at radius 2 is 1.95 bits per heavy atom. The SMILES string of the molecule is Cc1ccc(C(=O)Nc2ccc(-c3ncc[nH]3)cc2)cc1F. The van der Waals surface area contributed by atoms with Crippen LogP contribution < -0.4 is 5.32 Å². The summed E-state index contributed by atoms with van der Waals surface area (Å²) in [4.78, 5) is 19.3. The van der Waals surface area contributed by atoms with Gasteiger partial charge in [-0.15, -0.1) is 0 Å². The zero-order valence-corrected chi connectivity index (χ0v) is 11.9. The number of hydrogen-bond donors (Lipinski definition) is 2. The molecule has 0 unspecified atom stereocenters. The van der Waals surface area contributed by atoms with Crippen molar-refractivity contribution < 1.29 is 9.18 Å². The molecule has 0 aliphatic heterocycles. The summed E-state index contributed by atoms with van der Waals surface area (Å²) in [6.07, 6.45) is 3.42. The maximum absolute atomic E-state index is 13.5. The fraction of sp³-hybridized carbons (Fsp3) is 0.0588. The normalized spacial score (nSPS) is 10.5. The van der Waals surface area contributed by atoms with Gasteiger partial charge in [0.05, 0.1) is 0 Å². The number of aromatic nitrogens is 2. The van der Waals surface area contributed by atoms with Crippen LogP contribution in [0.1, 0.15) is 15.9 Å². The van der Waals surface area contributed by atoms with E-state index in [1.165, 1.54) is 6.07 Å². The molecule has 2 aromatic carbocycles. The van der Waals surface area contributed by atoms with Gasteiger partial charge in [0.1, 0.15) is 11.6 Å². The van der Waals surface area contributed by atoms with Crippen LogP contribution in [-0.2, 0) is 0 Å². The fourth-order valence-electron chi connectivity index (χ4n) is 2.07. The lowest BCUT2D eigenvalue weighted by molar-refractivity contribution is 0.102. The van der Waals surface area contributed by atoms with Crippen LogP contribution in [-0.4, -0.2) is 15.9 Å². The summed E-state index contributed by atoms with van der Waals surface area (Å²) in [5.41, 5.74) is 2.36. The van der Waals surface area contributed by atoms with Crippen LogP contribution in [0.2, 0.25) is 0 Å². The van der Waals surface area contributed by atoms with Crippen LogP contribution in [0.15, 0.2) is 54.9 Å². The number of halogens is 1. The van der Waals surface area contributed by atoms with E-state index in [0.29, 0.717) is 16.8 Å². The van der Waals surface area contributed by atoms with E-state index in [-0.39, 0.29) is 11.7 Å². The Kier molecular flexibility index (Phi) is 3.70. The molecule has 0 atom stereocenters. The van der Waals surface area contributed by atoms with Crippen molar-refractivity contribution in [3.05, 3.63) is 71.8 Å². The molecule has 5 heteroatoms. The lowest BCUT2D eigenvalue weighted by Crippen LogP contribution is -2.12. The van der Waals surface area contributed by atoms with Gasteiger partial charge < -0.3 is 10.3 Å². The molecule has 1 heterocycles. The van der Waals surface area contributed by atoms with Gasteiger partial charge >= 0.3 is 0 Å². The predicted octanol–water partition coefficient (Wildman–Crippen LogP) is 3.78. The smallest absolute Gasteiger partial charge is 0.255 e. The molecule has 0 saturated heterocycles. The number of benzene rings is 2. The third kappa shape index (κ3) is 2.88. The third-order valence-electron chi connectivity index (χ3n) is 3.35. The quantitative estimate of drug-likeness (QED) is 0.772. The molecule has 0 bridgehead atoms. The van der Waals surface area contributed by atoms with Crippen LogP contribution >= 0.6 is 0 Å². The summed E-state index contributed by atoms with van der Waals surface area (Å²) < 4.78 is 13.5. The number of carbonyl (C=O) groups is 1. The minimum absolute atomic E-state index is 0.290. The topological polar surface area (TPSA) is 57.8 Å². The van der Waals surface area contributed by atoms with Gasteiger partial charge in [-0.05, 0) is 48.9 Å². The Labute approximate surface area is 127 Å². The highest BCUT2D eigenvalue weighted by atomic mass is 19.1. The van der Waals surface area contributed by atoms with Gasteiger partial charge in [0.2, 0.25) is 0 Å². The van der Waals surface area contributed by atoms with Gasteiger partial charge in [0.15, 0.2) is 0 Å². The van der Waals surface area contributed by atoms with E-state index in [2.05, 4.69) is 15.3 Å². The zero-order chi connectivity index (χ0) is 15.5. The van der Waals surface area contributed by atoms with Crippen molar-refractivity contribution in [1.29, 1.82) is 0 Å². The molecule has 4 nitrogen and oxygen atoms in total. The lowest BCUT2D eigenvalue weighted by atomic mass is 10.1. The van der Waals surface area contributed by atoms with Crippen molar-refractivity contribution in [3.63, 3.8) is 0 Å².